The number of ether oxygens (including phenoxy) is 1. The van der Waals surface area contributed by atoms with E-state index >= 15 is 0 Å². The van der Waals surface area contributed by atoms with E-state index < -0.39 is 0 Å². The minimum atomic E-state index is -0.337. The fourth-order valence-corrected chi connectivity index (χ4v) is 3.20. The number of rotatable bonds is 5. The van der Waals surface area contributed by atoms with Crippen molar-refractivity contribution < 1.29 is 9.53 Å². The summed E-state index contributed by atoms with van der Waals surface area (Å²) in [6.07, 6.45) is 1.92. The van der Waals surface area contributed by atoms with E-state index in [9.17, 15) is 4.79 Å². The summed E-state index contributed by atoms with van der Waals surface area (Å²) in [6, 6.07) is 5.64. The molecule has 23 heavy (non-hydrogen) atoms. The molecule has 0 saturated carbocycles. The highest BCUT2D eigenvalue weighted by Crippen LogP contribution is 2.26. The first-order chi connectivity index (χ1) is 11.1. The average molecular weight is 331 g/mol. The summed E-state index contributed by atoms with van der Waals surface area (Å²) in [4.78, 5) is 16.8. The zero-order valence-corrected chi connectivity index (χ0v) is 13.9. The lowest BCUT2D eigenvalue weighted by Crippen LogP contribution is -2.10. The van der Waals surface area contributed by atoms with Gasteiger partial charge in [-0.05, 0) is 32.9 Å². The van der Waals surface area contributed by atoms with Crippen molar-refractivity contribution in [2.45, 2.75) is 26.8 Å². The second-order valence-corrected chi connectivity index (χ2v) is 6.01. The molecule has 1 unspecified atom stereocenters. The number of thiazole rings is 1. The topological polar surface area (TPSA) is 81.4 Å². The molecule has 3 aromatic heterocycles. The minimum Gasteiger partial charge on any atom is -0.462 e. The Bertz CT molecular complexity index is 841. The summed E-state index contributed by atoms with van der Waals surface area (Å²) < 4.78 is 6.96. The van der Waals surface area contributed by atoms with Crippen LogP contribution in [-0.4, -0.2) is 32.2 Å². The van der Waals surface area contributed by atoms with Crippen molar-refractivity contribution in [3.8, 4) is 0 Å². The van der Waals surface area contributed by atoms with Gasteiger partial charge in [0.1, 0.15) is 4.88 Å². The zero-order valence-electron chi connectivity index (χ0n) is 13.1. The molecule has 3 heterocycles. The lowest BCUT2D eigenvalue weighted by Gasteiger charge is -2.10. The number of hydrogen-bond acceptors (Lipinski definition) is 7. The number of nitrogens with one attached hydrogen (secondary N) is 1. The maximum atomic E-state index is 11.9. The molecule has 0 radical (unpaired) electrons. The Morgan fingerprint density at radius 1 is 1.43 bits per heavy atom. The molecule has 0 aliphatic heterocycles. The Balaban J connectivity index is 1.82. The molecule has 8 heteroatoms. The number of hydrogen-bond donors (Lipinski definition) is 1. The van der Waals surface area contributed by atoms with Gasteiger partial charge in [-0.3, -0.25) is 4.40 Å². The number of fused-ring (bicyclic) bond motifs is 1. The van der Waals surface area contributed by atoms with Gasteiger partial charge in [0.05, 0.1) is 18.3 Å². The van der Waals surface area contributed by atoms with Gasteiger partial charge in [0, 0.05) is 6.20 Å². The fraction of sp³-hybridized carbons (Fsp3) is 0.333. The Morgan fingerprint density at radius 2 is 2.26 bits per heavy atom. The highest BCUT2D eigenvalue weighted by Gasteiger charge is 2.19. The van der Waals surface area contributed by atoms with Crippen molar-refractivity contribution in [2.24, 2.45) is 0 Å². The van der Waals surface area contributed by atoms with Gasteiger partial charge in [-0.15, -0.1) is 10.2 Å². The molecule has 1 atom stereocenters. The number of aromatic nitrogens is 4. The third-order valence-electron chi connectivity index (χ3n) is 3.32. The maximum absolute atomic E-state index is 11.9. The maximum Gasteiger partial charge on any atom is 0.350 e. The quantitative estimate of drug-likeness (QED) is 0.724. The van der Waals surface area contributed by atoms with Gasteiger partial charge in [-0.2, -0.15) is 0 Å². The van der Waals surface area contributed by atoms with Crippen molar-refractivity contribution in [1.82, 2.24) is 19.6 Å². The Morgan fingerprint density at radius 3 is 3.04 bits per heavy atom. The molecule has 0 amide bonds. The number of esters is 1. The van der Waals surface area contributed by atoms with Gasteiger partial charge >= 0.3 is 5.97 Å². The van der Waals surface area contributed by atoms with Crippen LogP contribution in [0, 0.1) is 6.92 Å². The zero-order chi connectivity index (χ0) is 16.4. The third kappa shape index (κ3) is 3.02. The van der Waals surface area contributed by atoms with E-state index in [4.69, 9.17) is 4.74 Å². The summed E-state index contributed by atoms with van der Waals surface area (Å²) in [6.45, 7) is 5.91. The van der Waals surface area contributed by atoms with Crippen LogP contribution in [0.5, 0.6) is 0 Å². The van der Waals surface area contributed by atoms with E-state index in [1.807, 2.05) is 35.7 Å². The van der Waals surface area contributed by atoms with E-state index in [1.165, 1.54) is 11.3 Å². The minimum absolute atomic E-state index is 0.104. The normalized spacial score (nSPS) is 12.3. The fourth-order valence-electron chi connectivity index (χ4n) is 2.25. The highest BCUT2D eigenvalue weighted by molar-refractivity contribution is 7.17. The molecule has 3 rings (SSSR count). The molecule has 0 spiro atoms. The first-order valence-electron chi connectivity index (χ1n) is 7.31. The second-order valence-electron chi connectivity index (χ2n) is 5.01. The van der Waals surface area contributed by atoms with Crippen LogP contribution in [-0.2, 0) is 4.74 Å². The summed E-state index contributed by atoms with van der Waals surface area (Å²) in [7, 11) is 0. The Labute approximate surface area is 137 Å². The van der Waals surface area contributed by atoms with Gasteiger partial charge in [-0.1, -0.05) is 17.4 Å². The predicted octanol–water partition coefficient (Wildman–Crippen LogP) is 2.84. The lowest BCUT2D eigenvalue weighted by molar-refractivity contribution is 0.0531. The molecule has 1 N–H and O–H groups in total. The monoisotopic (exact) mass is 331 g/mol. The average Bonchev–Trinajstić information content (AvgIpc) is 3.11. The molecular formula is C15H17N5O2S. The largest absolute Gasteiger partial charge is 0.462 e. The van der Waals surface area contributed by atoms with E-state index in [0.717, 1.165) is 11.5 Å². The van der Waals surface area contributed by atoms with Crippen LogP contribution in [0.25, 0.3) is 5.65 Å². The first-order valence-corrected chi connectivity index (χ1v) is 8.12. The predicted molar refractivity (Wildman–Crippen MR) is 87.8 cm³/mol. The summed E-state index contributed by atoms with van der Waals surface area (Å²) in [5.41, 5.74) is 1.45. The van der Waals surface area contributed by atoms with Gasteiger partial charge in [-0.25, -0.2) is 9.78 Å². The molecular weight excluding hydrogens is 314 g/mol. The van der Waals surface area contributed by atoms with Crippen LogP contribution in [0.3, 0.4) is 0 Å². The highest BCUT2D eigenvalue weighted by atomic mass is 32.1. The van der Waals surface area contributed by atoms with Crippen LogP contribution < -0.4 is 5.32 Å². The van der Waals surface area contributed by atoms with E-state index in [2.05, 4.69) is 20.5 Å². The molecule has 0 fully saturated rings. The first kappa shape index (κ1) is 15.4. The molecule has 0 aliphatic carbocycles. The molecule has 0 aromatic carbocycles. The number of anilines is 1. The third-order valence-corrected chi connectivity index (χ3v) is 4.39. The van der Waals surface area contributed by atoms with Crippen molar-refractivity contribution in [3.05, 3.63) is 40.8 Å². The second kappa shape index (κ2) is 6.33. The SMILES string of the molecule is CCOC(=O)c1sc(NC(C)c2nnc3ccccn23)nc1C. The van der Waals surface area contributed by atoms with E-state index in [-0.39, 0.29) is 12.0 Å². The van der Waals surface area contributed by atoms with Gasteiger partial charge in [0.15, 0.2) is 16.6 Å². The number of aryl methyl sites for hydroxylation is 1. The molecule has 0 bridgehead atoms. The Kier molecular flexibility index (Phi) is 4.24. The van der Waals surface area contributed by atoms with Gasteiger partial charge < -0.3 is 10.1 Å². The van der Waals surface area contributed by atoms with Crippen molar-refractivity contribution >= 4 is 28.1 Å². The molecule has 7 nitrogen and oxygen atoms in total. The van der Waals surface area contributed by atoms with E-state index in [0.29, 0.717) is 22.3 Å². The number of carbonyl (C=O) groups is 1. The lowest BCUT2D eigenvalue weighted by atomic mass is 10.3. The van der Waals surface area contributed by atoms with Crippen LogP contribution in [0.1, 0.15) is 41.1 Å². The van der Waals surface area contributed by atoms with Gasteiger partial charge in [0.2, 0.25) is 0 Å². The van der Waals surface area contributed by atoms with Crippen LogP contribution in [0.4, 0.5) is 5.13 Å². The van der Waals surface area contributed by atoms with Crippen molar-refractivity contribution in [1.29, 1.82) is 0 Å². The van der Waals surface area contributed by atoms with Crippen molar-refractivity contribution in [2.75, 3.05) is 11.9 Å². The number of nitrogens with zero attached hydrogens (tertiary/aromatic N) is 4. The summed E-state index contributed by atoms with van der Waals surface area (Å²) >= 11 is 1.28. The standard InChI is InChI=1S/C15H17N5O2S/c1-4-22-14(21)12-9(2)16-15(23-12)17-10(3)13-19-18-11-7-5-6-8-20(11)13/h5-8,10H,4H2,1-3H3,(H,16,17). The van der Waals surface area contributed by atoms with Gasteiger partial charge in [0.25, 0.3) is 0 Å². The molecule has 0 saturated heterocycles. The number of carbonyl (C=O) groups excluding carboxylic acids is 1. The summed E-state index contributed by atoms with van der Waals surface area (Å²) in [5.74, 6) is 0.447. The van der Waals surface area contributed by atoms with E-state index in [1.54, 1.807) is 13.8 Å². The smallest absolute Gasteiger partial charge is 0.350 e. The van der Waals surface area contributed by atoms with Crippen LogP contribution in [0.2, 0.25) is 0 Å². The molecule has 120 valence electrons. The molecule has 3 aromatic rings. The van der Waals surface area contributed by atoms with Crippen LogP contribution in [0.15, 0.2) is 24.4 Å². The molecule has 0 aliphatic rings. The van der Waals surface area contributed by atoms with Crippen molar-refractivity contribution in [3.63, 3.8) is 0 Å². The summed E-state index contributed by atoms with van der Waals surface area (Å²) in [5, 5.41) is 12.3. The Hall–Kier alpha value is -2.48. The number of pyridine rings is 1. The van der Waals surface area contributed by atoms with Crippen LogP contribution >= 0.6 is 11.3 Å².